The minimum absolute atomic E-state index is 0.0604. The van der Waals surface area contributed by atoms with Crippen molar-refractivity contribution in [2.24, 2.45) is 0 Å². The molecule has 15 heavy (non-hydrogen) atoms. The van der Waals surface area contributed by atoms with Crippen molar-refractivity contribution in [3.63, 3.8) is 0 Å². The SMILES string of the molecule is Cc1ccccc1[C@H]1CC[C@@H](CO)OC1. The van der Waals surface area contributed by atoms with E-state index in [0.717, 1.165) is 19.4 Å². The molecule has 1 heterocycles. The van der Waals surface area contributed by atoms with Gasteiger partial charge in [0.25, 0.3) is 0 Å². The lowest BCUT2D eigenvalue weighted by atomic mass is 9.89. The summed E-state index contributed by atoms with van der Waals surface area (Å²) in [5.74, 6) is 0.508. The molecule has 0 radical (unpaired) electrons. The predicted molar refractivity (Wildman–Crippen MR) is 60.0 cm³/mol. The van der Waals surface area contributed by atoms with Crippen LogP contribution in [0.4, 0.5) is 0 Å². The van der Waals surface area contributed by atoms with Gasteiger partial charge in [-0.15, -0.1) is 0 Å². The average molecular weight is 206 g/mol. The number of hydrogen-bond donors (Lipinski definition) is 1. The molecule has 2 nitrogen and oxygen atoms in total. The standard InChI is InChI=1S/C13H18O2/c1-10-4-2-3-5-13(10)11-6-7-12(8-14)15-9-11/h2-5,11-12,14H,6-9H2,1H3/t11-,12-/m0/s1. The Hall–Kier alpha value is -0.860. The number of ether oxygens (including phenoxy) is 1. The second kappa shape index (κ2) is 4.77. The van der Waals surface area contributed by atoms with Crippen molar-refractivity contribution in [3.05, 3.63) is 35.4 Å². The zero-order valence-electron chi connectivity index (χ0n) is 9.15. The van der Waals surface area contributed by atoms with Gasteiger partial charge in [-0.25, -0.2) is 0 Å². The largest absolute Gasteiger partial charge is 0.394 e. The Kier molecular flexibility index (Phi) is 3.39. The molecule has 1 saturated heterocycles. The van der Waals surface area contributed by atoms with Crippen molar-refractivity contribution >= 4 is 0 Å². The maximum absolute atomic E-state index is 8.98. The van der Waals surface area contributed by atoms with Crippen LogP contribution in [-0.2, 0) is 4.74 Å². The lowest BCUT2D eigenvalue weighted by Gasteiger charge is -2.29. The maximum Gasteiger partial charge on any atom is 0.0806 e. The molecule has 2 atom stereocenters. The van der Waals surface area contributed by atoms with Crippen LogP contribution in [0.3, 0.4) is 0 Å². The Morgan fingerprint density at radius 2 is 2.13 bits per heavy atom. The van der Waals surface area contributed by atoms with Crippen LogP contribution in [0.25, 0.3) is 0 Å². The third-order valence-corrected chi connectivity index (χ3v) is 3.20. The molecule has 1 aromatic rings. The molecule has 0 aromatic heterocycles. The van der Waals surface area contributed by atoms with Gasteiger partial charge in [-0.2, -0.15) is 0 Å². The van der Waals surface area contributed by atoms with E-state index in [-0.39, 0.29) is 12.7 Å². The second-order valence-electron chi connectivity index (χ2n) is 4.27. The molecular formula is C13H18O2. The first-order valence-electron chi connectivity index (χ1n) is 5.59. The molecule has 0 saturated carbocycles. The zero-order chi connectivity index (χ0) is 10.7. The monoisotopic (exact) mass is 206 g/mol. The lowest BCUT2D eigenvalue weighted by Crippen LogP contribution is -2.27. The summed E-state index contributed by atoms with van der Waals surface area (Å²) in [6, 6.07) is 8.48. The van der Waals surface area contributed by atoms with E-state index in [1.54, 1.807) is 0 Å². The summed E-state index contributed by atoms with van der Waals surface area (Å²) in [5.41, 5.74) is 2.74. The van der Waals surface area contributed by atoms with Gasteiger partial charge in [-0.1, -0.05) is 24.3 Å². The van der Waals surface area contributed by atoms with Crippen LogP contribution in [-0.4, -0.2) is 24.4 Å². The van der Waals surface area contributed by atoms with E-state index in [4.69, 9.17) is 9.84 Å². The van der Waals surface area contributed by atoms with Crippen LogP contribution in [0.2, 0.25) is 0 Å². The number of rotatable bonds is 2. The summed E-state index contributed by atoms with van der Waals surface area (Å²) in [7, 11) is 0. The van der Waals surface area contributed by atoms with E-state index < -0.39 is 0 Å². The third-order valence-electron chi connectivity index (χ3n) is 3.20. The fourth-order valence-electron chi connectivity index (χ4n) is 2.24. The van der Waals surface area contributed by atoms with Crippen LogP contribution in [0.1, 0.15) is 29.9 Å². The molecule has 2 rings (SSSR count). The highest BCUT2D eigenvalue weighted by molar-refractivity contribution is 5.29. The van der Waals surface area contributed by atoms with E-state index in [0.29, 0.717) is 5.92 Å². The maximum atomic E-state index is 8.98. The van der Waals surface area contributed by atoms with Gasteiger partial charge in [-0.3, -0.25) is 0 Å². The van der Waals surface area contributed by atoms with Crippen molar-refractivity contribution < 1.29 is 9.84 Å². The van der Waals surface area contributed by atoms with E-state index in [1.165, 1.54) is 11.1 Å². The molecular weight excluding hydrogens is 188 g/mol. The number of hydrogen-bond acceptors (Lipinski definition) is 2. The van der Waals surface area contributed by atoms with Crippen molar-refractivity contribution in [1.29, 1.82) is 0 Å². The van der Waals surface area contributed by atoms with Crippen molar-refractivity contribution in [2.45, 2.75) is 31.8 Å². The van der Waals surface area contributed by atoms with Gasteiger partial charge < -0.3 is 9.84 Å². The Bertz CT molecular complexity index is 314. The second-order valence-corrected chi connectivity index (χ2v) is 4.27. The van der Waals surface area contributed by atoms with Crippen LogP contribution in [0.15, 0.2) is 24.3 Å². The summed E-state index contributed by atoms with van der Waals surface area (Å²) < 4.78 is 5.60. The summed E-state index contributed by atoms with van der Waals surface area (Å²) in [4.78, 5) is 0. The van der Waals surface area contributed by atoms with Gasteiger partial charge in [0.15, 0.2) is 0 Å². The van der Waals surface area contributed by atoms with E-state index >= 15 is 0 Å². The summed E-state index contributed by atoms with van der Waals surface area (Å²) in [6.07, 6.45) is 2.15. The molecule has 1 aliphatic rings. The molecule has 0 aliphatic carbocycles. The minimum Gasteiger partial charge on any atom is -0.394 e. The summed E-state index contributed by atoms with van der Waals surface area (Å²) in [6.45, 7) is 3.05. The third kappa shape index (κ3) is 2.39. The summed E-state index contributed by atoms with van der Waals surface area (Å²) >= 11 is 0. The minimum atomic E-state index is 0.0604. The van der Waals surface area contributed by atoms with Gasteiger partial charge in [-0.05, 0) is 30.9 Å². The van der Waals surface area contributed by atoms with Gasteiger partial charge in [0.2, 0.25) is 0 Å². The molecule has 1 fully saturated rings. The fourth-order valence-corrected chi connectivity index (χ4v) is 2.24. The van der Waals surface area contributed by atoms with Crippen LogP contribution < -0.4 is 0 Å². The van der Waals surface area contributed by atoms with Crippen LogP contribution in [0, 0.1) is 6.92 Å². The van der Waals surface area contributed by atoms with Crippen LogP contribution >= 0.6 is 0 Å². The first-order chi connectivity index (χ1) is 7.31. The summed E-state index contributed by atoms with van der Waals surface area (Å²) in [5, 5.41) is 8.98. The van der Waals surface area contributed by atoms with Gasteiger partial charge >= 0.3 is 0 Å². The molecule has 0 spiro atoms. The molecule has 1 aromatic carbocycles. The van der Waals surface area contributed by atoms with Gasteiger partial charge in [0.1, 0.15) is 0 Å². The Labute approximate surface area is 90.9 Å². The molecule has 82 valence electrons. The van der Waals surface area contributed by atoms with Crippen molar-refractivity contribution in [3.8, 4) is 0 Å². The molecule has 0 unspecified atom stereocenters. The number of benzene rings is 1. The van der Waals surface area contributed by atoms with E-state index in [1.807, 2.05) is 0 Å². The van der Waals surface area contributed by atoms with Crippen LogP contribution in [0.5, 0.6) is 0 Å². The average Bonchev–Trinajstić information content (AvgIpc) is 2.30. The number of aliphatic hydroxyl groups is 1. The van der Waals surface area contributed by atoms with Gasteiger partial charge in [0.05, 0.1) is 19.3 Å². The van der Waals surface area contributed by atoms with E-state index in [9.17, 15) is 0 Å². The Balaban J connectivity index is 2.04. The molecule has 0 amide bonds. The molecule has 1 N–H and O–H groups in total. The topological polar surface area (TPSA) is 29.5 Å². The Morgan fingerprint density at radius 3 is 2.73 bits per heavy atom. The normalized spacial score (nSPS) is 26.5. The first-order valence-corrected chi connectivity index (χ1v) is 5.59. The highest BCUT2D eigenvalue weighted by Crippen LogP contribution is 2.29. The number of aryl methyl sites for hydroxylation is 1. The number of aliphatic hydroxyl groups excluding tert-OH is 1. The quantitative estimate of drug-likeness (QED) is 0.804. The molecule has 2 heteroatoms. The van der Waals surface area contributed by atoms with Gasteiger partial charge in [0, 0.05) is 5.92 Å². The first kappa shape index (κ1) is 10.7. The zero-order valence-corrected chi connectivity index (χ0v) is 9.15. The predicted octanol–water partition coefficient (Wildman–Crippen LogP) is 2.25. The van der Waals surface area contributed by atoms with Crippen molar-refractivity contribution in [2.75, 3.05) is 13.2 Å². The smallest absolute Gasteiger partial charge is 0.0806 e. The molecule has 1 aliphatic heterocycles. The Morgan fingerprint density at radius 1 is 1.33 bits per heavy atom. The highest BCUT2D eigenvalue weighted by Gasteiger charge is 2.22. The lowest BCUT2D eigenvalue weighted by molar-refractivity contribution is -0.0270. The highest BCUT2D eigenvalue weighted by atomic mass is 16.5. The molecule has 0 bridgehead atoms. The van der Waals surface area contributed by atoms with E-state index in [2.05, 4.69) is 31.2 Å². The van der Waals surface area contributed by atoms with Crippen molar-refractivity contribution in [1.82, 2.24) is 0 Å². The fraction of sp³-hybridized carbons (Fsp3) is 0.538.